The molecule has 0 aliphatic heterocycles. The summed E-state index contributed by atoms with van der Waals surface area (Å²) in [6.07, 6.45) is 5.07. The Kier molecular flexibility index (Phi) is 5.41. The highest BCUT2D eigenvalue weighted by atomic mass is 16.6. The van der Waals surface area contributed by atoms with Gasteiger partial charge in [-0.3, -0.25) is 14.8 Å². The van der Waals surface area contributed by atoms with Gasteiger partial charge in [0.2, 0.25) is 5.82 Å². The zero-order valence-corrected chi connectivity index (χ0v) is 9.93. The SMILES string of the molecule is Cn1cc([N+](=O)[O-])c(NCCCCCCO)n1. The van der Waals surface area contributed by atoms with Crippen LogP contribution in [-0.4, -0.2) is 33.0 Å². The molecule has 0 aliphatic rings. The summed E-state index contributed by atoms with van der Waals surface area (Å²) in [5.74, 6) is 0.319. The second-order valence-electron chi connectivity index (χ2n) is 3.86. The maximum absolute atomic E-state index is 10.7. The van der Waals surface area contributed by atoms with Crippen molar-refractivity contribution in [2.75, 3.05) is 18.5 Å². The zero-order valence-electron chi connectivity index (χ0n) is 9.93. The molecule has 0 aromatic carbocycles. The van der Waals surface area contributed by atoms with Crippen molar-refractivity contribution in [1.82, 2.24) is 9.78 Å². The van der Waals surface area contributed by atoms with Crippen LogP contribution in [0.4, 0.5) is 11.5 Å². The highest BCUT2D eigenvalue weighted by molar-refractivity contribution is 5.54. The summed E-state index contributed by atoms with van der Waals surface area (Å²) in [7, 11) is 1.65. The van der Waals surface area contributed by atoms with Gasteiger partial charge in [0, 0.05) is 20.2 Å². The Morgan fingerprint density at radius 1 is 1.47 bits per heavy atom. The van der Waals surface area contributed by atoms with Gasteiger partial charge in [-0.2, -0.15) is 0 Å². The van der Waals surface area contributed by atoms with E-state index in [4.69, 9.17) is 5.11 Å². The second-order valence-corrected chi connectivity index (χ2v) is 3.86. The molecule has 1 heterocycles. The summed E-state index contributed by atoms with van der Waals surface area (Å²) < 4.78 is 1.42. The van der Waals surface area contributed by atoms with Crippen LogP contribution in [0.5, 0.6) is 0 Å². The van der Waals surface area contributed by atoms with Gasteiger partial charge in [-0.15, -0.1) is 5.10 Å². The first kappa shape index (κ1) is 13.4. The van der Waals surface area contributed by atoms with Crippen LogP contribution in [0.3, 0.4) is 0 Å². The van der Waals surface area contributed by atoms with Gasteiger partial charge in [-0.25, -0.2) is 0 Å². The van der Waals surface area contributed by atoms with Gasteiger partial charge in [0.15, 0.2) is 0 Å². The van der Waals surface area contributed by atoms with Crippen LogP contribution in [0.1, 0.15) is 25.7 Å². The molecule has 0 amide bonds. The largest absolute Gasteiger partial charge is 0.396 e. The van der Waals surface area contributed by atoms with E-state index >= 15 is 0 Å². The minimum Gasteiger partial charge on any atom is -0.396 e. The number of anilines is 1. The van der Waals surface area contributed by atoms with Gasteiger partial charge >= 0.3 is 5.69 Å². The number of aromatic nitrogens is 2. The third-order valence-electron chi connectivity index (χ3n) is 2.38. The molecule has 0 atom stereocenters. The van der Waals surface area contributed by atoms with E-state index in [1.807, 2.05) is 0 Å². The molecule has 1 rings (SSSR count). The number of unbranched alkanes of at least 4 members (excludes halogenated alkanes) is 3. The first-order valence-corrected chi connectivity index (χ1v) is 5.68. The number of aliphatic hydroxyl groups excluding tert-OH is 1. The topological polar surface area (TPSA) is 93.2 Å². The summed E-state index contributed by atoms with van der Waals surface area (Å²) in [6.45, 7) is 0.877. The molecule has 1 aromatic rings. The lowest BCUT2D eigenvalue weighted by Crippen LogP contribution is -2.04. The molecule has 0 aliphatic carbocycles. The Balaban J connectivity index is 2.33. The molecule has 0 saturated carbocycles. The third-order valence-corrected chi connectivity index (χ3v) is 2.38. The highest BCUT2D eigenvalue weighted by Crippen LogP contribution is 2.21. The Morgan fingerprint density at radius 3 is 2.82 bits per heavy atom. The van der Waals surface area contributed by atoms with Crippen LogP contribution in [-0.2, 0) is 7.05 Å². The van der Waals surface area contributed by atoms with E-state index in [9.17, 15) is 10.1 Å². The maximum Gasteiger partial charge on any atom is 0.330 e. The summed E-state index contributed by atoms with van der Waals surface area (Å²) in [6, 6.07) is 0. The summed E-state index contributed by atoms with van der Waals surface area (Å²) in [4.78, 5) is 10.3. The van der Waals surface area contributed by atoms with Crippen LogP contribution in [0, 0.1) is 10.1 Å². The van der Waals surface area contributed by atoms with Crippen molar-refractivity contribution in [3.63, 3.8) is 0 Å². The number of nitrogens with one attached hydrogen (secondary N) is 1. The molecule has 0 spiro atoms. The van der Waals surface area contributed by atoms with Gasteiger partial charge in [0.25, 0.3) is 0 Å². The minimum absolute atomic E-state index is 0.00265. The Bertz CT molecular complexity index is 364. The van der Waals surface area contributed by atoms with Crippen molar-refractivity contribution in [3.8, 4) is 0 Å². The molecule has 2 N–H and O–H groups in total. The fourth-order valence-corrected chi connectivity index (χ4v) is 1.53. The Labute approximate surface area is 99.6 Å². The molecule has 7 nitrogen and oxygen atoms in total. The highest BCUT2D eigenvalue weighted by Gasteiger charge is 2.17. The Morgan fingerprint density at radius 2 is 2.18 bits per heavy atom. The van der Waals surface area contributed by atoms with E-state index in [1.54, 1.807) is 7.05 Å². The fourth-order valence-electron chi connectivity index (χ4n) is 1.53. The van der Waals surface area contributed by atoms with Crippen LogP contribution in [0.15, 0.2) is 6.20 Å². The van der Waals surface area contributed by atoms with E-state index in [0.29, 0.717) is 12.4 Å². The smallest absolute Gasteiger partial charge is 0.330 e. The monoisotopic (exact) mass is 242 g/mol. The molecule has 96 valence electrons. The lowest BCUT2D eigenvalue weighted by atomic mass is 10.2. The number of aliphatic hydroxyl groups is 1. The van der Waals surface area contributed by atoms with Gasteiger partial charge in [-0.1, -0.05) is 12.8 Å². The van der Waals surface area contributed by atoms with Gasteiger partial charge in [0.05, 0.1) is 4.92 Å². The number of nitrogens with zero attached hydrogens (tertiary/aromatic N) is 3. The number of rotatable bonds is 8. The van der Waals surface area contributed by atoms with Gasteiger partial charge in [-0.05, 0) is 12.8 Å². The molecule has 0 saturated heterocycles. The molecule has 0 unspecified atom stereocenters. The second kappa shape index (κ2) is 6.85. The minimum atomic E-state index is -0.443. The standard InChI is InChI=1S/C10H18N4O3/c1-13-8-9(14(16)17)10(12-13)11-6-4-2-3-5-7-15/h8,15H,2-7H2,1H3,(H,11,12). The van der Waals surface area contributed by atoms with Crippen molar-refractivity contribution in [3.05, 3.63) is 16.3 Å². The molecule has 0 radical (unpaired) electrons. The van der Waals surface area contributed by atoms with Crippen LogP contribution in [0.2, 0.25) is 0 Å². The average Bonchev–Trinajstić information content (AvgIpc) is 2.65. The van der Waals surface area contributed by atoms with Crippen LogP contribution >= 0.6 is 0 Å². The maximum atomic E-state index is 10.7. The van der Waals surface area contributed by atoms with Gasteiger partial charge in [0.1, 0.15) is 6.20 Å². The van der Waals surface area contributed by atoms with E-state index in [1.165, 1.54) is 10.9 Å². The van der Waals surface area contributed by atoms with Gasteiger partial charge < -0.3 is 10.4 Å². The van der Waals surface area contributed by atoms with E-state index in [-0.39, 0.29) is 12.3 Å². The average molecular weight is 242 g/mol. The van der Waals surface area contributed by atoms with Crippen LogP contribution < -0.4 is 5.32 Å². The van der Waals surface area contributed by atoms with Crippen molar-refractivity contribution in [1.29, 1.82) is 0 Å². The van der Waals surface area contributed by atoms with Crippen LogP contribution in [0.25, 0.3) is 0 Å². The summed E-state index contributed by atoms with van der Waals surface area (Å²) in [5.41, 5.74) is 0.00265. The quantitative estimate of drug-likeness (QED) is 0.407. The molecule has 17 heavy (non-hydrogen) atoms. The van der Waals surface area contributed by atoms with Crippen molar-refractivity contribution in [2.45, 2.75) is 25.7 Å². The molecule has 0 bridgehead atoms. The fraction of sp³-hybridized carbons (Fsp3) is 0.700. The molecule has 7 heteroatoms. The third kappa shape index (κ3) is 4.39. The zero-order chi connectivity index (χ0) is 12.7. The van der Waals surface area contributed by atoms with Crippen molar-refractivity contribution >= 4 is 11.5 Å². The van der Waals surface area contributed by atoms with E-state index < -0.39 is 4.92 Å². The molecular formula is C10H18N4O3. The summed E-state index contributed by atoms with van der Waals surface area (Å²) in [5, 5.41) is 26.2. The van der Waals surface area contributed by atoms with Crippen molar-refractivity contribution < 1.29 is 10.0 Å². The van der Waals surface area contributed by atoms with Crippen molar-refractivity contribution in [2.24, 2.45) is 7.05 Å². The Hall–Kier alpha value is -1.63. The first-order chi connectivity index (χ1) is 8.15. The molecule has 0 fully saturated rings. The number of hydrogen-bond acceptors (Lipinski definition) is 5. The molecule has 1 aromatic heterocycles. The first-order valence-electron chi connectivity index (χ1n) is 5.68. The van der Waals surface area contributed by atoms with E-state index in [0.717, 1.165) is 25.7 Å². The molecular weight excluding hydrogens is 224 g/mol. The normalized spacial score (nSPS) is 10.5. The number of aryl methyl sites for hydroxylation is 1. The van der Waals surface area contributed by atoms with E-state index in [2.05, 4.69) is 10.4 Å². The predicted molar refractivity (Wildman–Crippen MR) is 63.9 cm³/mol. The number of nitro groups is 1. The predicted octanol–water partition coefficient (Wildman–Crippen LogP) is 1.29. The lowest BCUT2D eigenvalue weighted by Gasteiger charge is -2.02. The summed E-state index contributed by atoms with van der Waals surface area (Å²) >= 11 is 0. The lowest BCUT2D eigenvalue weighted by molar-refractivity contribution is -0.384. The number of hydrogen-bond donors (Lipinski definition) is 2.